The number of primary amides is 1. The molecule has 1 aromatic heterocycles. The Bertz CT molecular complexity index is 3460. The van der Waals surface area contributed by atoms with Gasteiger partial charge in [-0.1, -0.05) is 101 Å². The fraction of sp³-hybridized carbons (Fsp3) is 0.562. The molecule has 36 heteroatoms. The Labute approximate surface area is 593 Å². The highest BCUT2D eigenvalue weighted by Gasteiger charge is 2.44. The van der Waals surface area contributed by atoms with Crippen molar-refractivity contribution in [1.82, 2.24) is 73.7 Å². The van der Waals surface area contributed by atoms with Crippen LogP contribution in [0.1, 0.15) is 83.8 Å². The van der Waals surface area contributed by atoms with E-state index in [1.54, 1.807) is 82.4 Å². The zero-order valence-electron chi connectivity index (χ0n) is 56.1. The lowest BCUT2D eigenvalue weighted by Gasteiger charge is -2.31. The van der Waals surface area contributed by atoms with Crippen LogP contribution in [0.15, 0.2) is 54.7 Å². The first-order valence-electron chi connectivity index (χ1n) is 32.9. The molecule has 2 bridgehead atoms. The van der Waals surface area contributed by atoms with Crippen LogP contribution in [0.4, 0.5) is 0 Å². The summed E-state index contributed by atoms with van der Waals surface area (Å²) in [6.07, 6.45) is 0.840. The summed E-state index contributed by atoms with van der Waals surface area (Å²) >= 11 is 0. The van der Waals surface area contributed by atoms with Crippen molar-refractivity contribution in [1.29, 1.82) is 0 Å². The lowest BCUT2D eigenvalue weighted by molar-refractivity contribution is -0.142. The second kappa shape index (κ2) is 38.5. The standard InChI is InChI=1S/C64H90N16O16S4/c1-32(2)20-42-58(89)77-47-30-100-98-29-46(56(87)69-25-51(83)71-43(21-34-13-15-37(96-5)16-14-34)59(90)72-40(57(88)73-42)12-8-9-19-65)76-61(92)48(78-63(94)53(33(3)4)79-52(84)26-68-55(86)41-17-18-50(82)70-41)31-99-97-28-45(54(66)85)75-62(93)49-23-36(81)27-80(49)64(95)44(74-60(47)91)22-35-24-67-39-11-7-6-10-38(35)39/h6-7,10-11,13-16,24,32-33,36,40-49,53,67,81H,8-9,12,17-23,25-31,65H2,1-5H3,(H2,66,85)(H,68,86)(H,69,87)(H,70,82)(H,71,83)(H,72,90)(H,73,88)(H,74,91)(H,75,93)(H,76,92)(H,77,89)(H,78,94)(H,79,84)/t36-,40+,41+,42+,43+,44+,45+,46+,47+,48+,49+,53+/m1/s1. The fourth-order valence-corrected chi connectivity index (χ4v) is 16.1. The third kappa shape index (κ3) is 23.4. The molecule has 7 rings (SSSR count). The van der Waals surface area contributed by atoms with Gasteiger partial charge in [0.15, 0.2) is 0 Å². The molecule has 0 aliphatic carbocycles. The molecule has 14 amide bonds. The smallest absolute Gasteiger partial charge is 0.246 e. The molecule has 5 heterocycles. The zero-order chi connectivity index (χ0) is 72.7. The monoisotopic (exact) mass is 1470 g/mol. The SMILES string of the molecule is COc1ccc(C[C@@H]2NC(=O)CNC(=O)[C@@H]3CSSC[C@H](NC(=O)[C@H](CC(C)C)NC(=O)[C@H](CCCCN)NC2=O)C(=O)N[C@@H](Cc2c[nH]c4ccccc24)C(=O)N2C[C@H](O)C[C@H]2C(=O)N[C@H](C(N)=O)CSSC[C@H](NC(=O)[C@@H](NC(=O)CNC(=O)[C@@H]2CCC(=O)N2)C(C)C)C(=O)N3)cc1. The molecule has 546 valence electrons. The predicted octanol–water partition coefficient (Wildman–Crippen LogP) is -3.10. The van der Waals surface area contributed by atoms with Crippen LogP contribution in [0.3, 0.4) is 0 Å². The number of aromatic amines is 1. The van der Waals surface area contributed by atoms with Gasteiger partial charge in [0, 0.05) is 72.3 Å². The van der Waals surface area contributed by atoms with Crippen molar-refractivity contribution < 1.29 is 77.0 Å². The largest absolute Gasteiger partial charge is 0.497 e. The number of nitrogens with one attached hydrogen (secondary N) is 13. The summed E-state index contributed by atoms with van der Waals surface area (Å²) in [5.74, 6) is -13.4. The van der Waals surface area contributed by atoms with Crippen LogP contribution in [-0.4, -0.2) is 227 Å². The van der Waals surface area contributed by atoms with E-state index in [0.717, 1.165) is 48.1 Å². The molecular weight excluding hydrogens is 1380 g/mol. The van der Waals surface area contributed by atoms with Gasteiger partial charge in [0.2, 0.25) is 82.7 Å². The third-order valence-electron chi connectivity index (χ3n) is 16.8. The Hall–Kier alpha value is -8.32. The van der Waals surface area contributed by atoms with Gasteiger partial charge in [-0.05, 0) is 79.8 Å². The summed E-state index contributed by atoms with van der Waals surface area (Å²) < 4.78 is 5.32. The molecule has 3 aromatic rings. The van der Waals surface area contributed by atoms with Gasteiger partial charge in [0.1, 0.15) is 72.2 Å². The molecule has 18 N–H and O–H groups in total. The number of hydrogen-bond donors (Lipinski definition) is 16. The number of unbranched alkanes of at least 4 members (excludes halogenated alkanes) is 1. The first-order valence-corrected chi connectivity index (χ1v) is 37.9. The molecule has 0 unspecified atom stereocenters. The Morgan fingerprint density at radius 3 is 2.00 bits per heavy atom. The van der Waals surface area contributed by atoms with E-state index in [1.807, 2.05) is 0 Å². The van der Waals surface area contributed by atoms with Gasteiger partial charge in [-0.2, -0.15) is 0 Å². The number of carbonyl (C=O) groups excluding carboxylic acids is 14. The van der Waals surface area contributed by atoms with E-state index in [0.29, 0.717) is 40.6 Å². The number of carbonyl (C=O) groups is 14. The average molecular weight is 1470 g/mol. The van der Waals surface area contributed by atoms with Gasteiger partial charge < -0.3 is 95.0 Å². The molecule has 4 fully saturated rings. The minimum Gasteiger partial charge on any atom is -0.497 e. The molecule has 4 aliphatic rings. The lowest BCUT2D eigenvalue weighted by Crippen LogP contribution is -2.61. The quantitative estimate of drug-likeness (QED) is 0.0418. The number of aromatic nitrogens is 1. The average Bonchev–Trinajstić information content (AvgIpc) is 1.63. The van der Waals surface area contributed by atoms with Crippen LogP contribution in [-0.2, 0) is 80.0 Å². The molecule has 0 radical (unpaired) electrons. The number of rotatable bonds is 19. The van der Waals surface area contributed by atoms with Crippen molar-refractivity contribution in [2.24, 2.45) is 23.3 Å². The van der Waals surface area contributed by atoms with E-state index in [4.69, 9.17) is 16.2 Å². The Morgan fingerprint density at radius 1 is 0.680 bits per heavy atom. The van der Waals surface area contributed by atoms with Crippen molar-refractivity contribution in [2.45, 2.75) is 158 Å². The summed E-state index contributed by atoms with van der Waals surface area (Å²) in [5.41, 5.74) is 13.5. The first kappa shape index (κ1) is 79.0. The van der Waals surface area contributed by atoms with E-state index in [9.17, 15) is 62.6 Å². The summed E-state index contributed by atoms with van der Waals surface area (Å²) in [6.45, 7) is 5.24. The van der Waals surface area contributed by atoms with Crippen molar-refractivity contribution in [3.05, 3.63) is 65.9 Å². The lowest BCUT2D eigenvalue weighted by atomic mass is 10.0. The molecule has 2 aromatic carbocycles. The summed E-state index contributed by atoms with van der Waals surface area (Å²) in [5, 5.41) is 43.6. The van der Waals surface area contributed by atoms with E-state index >= 15 is 9.59 Å². The number of aliphatic hydroxyl groups is 1. The van der Waals surface area contributed by atoms with Crippen LogP contribution in [0.25, 0.3) is 10.9 Å². The topological polar surface area (TPSA) is 484 Å². The van der Waals surface area contributed by atoms with Crippen LogP contribution in [0.2, 0.25) is 0 Å². The number of H-pyrrole nitrogens is 1. The van der Waals surface area contributed by atoms with E-state index < -0.39 is 175 Å². The number of hydrogen-bond acceptors (Lipinski definition) is 21. The molecule has 4 aliphatic heterocycles. The number of methoxy groups -OCH3 is 1. The first-order chi connectivity index (χ1) is 47.7. The minimum absolute atomic E-state index is 0.00271. The van der Waals surface area contributed by atoms with Crippen LogP contribution in [0, 0.1) is 11.8 Å². The van der Waals surface area contributed by atoms with Crippen LogP contribution >= 0.6 is 43.2 Å². The summed E-state index contributed by atoms with van der Waals surface area (Å²) in [4.78, 5) is 203. The zero-order valence-corrected chi connectivity index (χ0v) is 59.4. The maximum Gasteiger partial charge on any atom is 0.246 e. The molecule has 4 saturated heterocycles. The number of benzene rings is 2. The minimum atomic E-state index is -1.59. The van der Waals surface area contributed by atoms with Crippen molar-refractivity contribution in [2.75, 3.05) is 56.3 Å². The van der Waals surface area contributed by atoms with Gasteiger partial charge >= 0.3 is 0 Å². The highest BCUT2D eigenvalue weighted by atomic mass is 33.1. The van der Waals surface area contributed by atoms with E-state index in [2.05, 4.69) is 68.8 Å². The molecule has 0 saturated carbocycles. The maximum absolute atomic E-state index is 15.3. The Kier molecular flexibility index (Phi) is 30.4. The Balaban J connectivity index is 1.29. The molecule has 12 atom stereocenters. The van der Waals surface area contributed by atoms with Gasteiger partial charge in [0.05, 0.1) is 26.3 Å². The number of nitrogens with two attached hydrogens (primary N) is 2. The Morgan fingerprint density at radius 2 is 1.33 bits per heavy atom. The summed E-state index contributed by atoms with van der Waals surface area (Å²) in [7, 11) is 5.20. The highest BCUT2D eigenvalue weighted by Crippen LogP contribution is 2.28. The fourth-order valence-electron chi connectivity index (χ4n) is 11.4. The number of fused-ring (bicyclic) bond motifs is 7. The highest BCUT2D eigenvalue weighted by molar-refractivity contribution is 8.77. The maximum atomic E-state index is 15.3. The van der Waals surface area contributed by atoms with Gasteiger partial charge in [-0.25, -0.2) is 0 Å². The van der Waals surface area contributed by atoms with Gasteiger partial charge in [0.25, 0.3) is 0 Å². The third-order valence-corrected chi connectivity index (χ3v) is 21.7. The second-order valence-electron chi connectivity index (χ2n) is 25.4. The van der Waals surface area contributed by atoms with Crippen LogP contribution < -0.4 is 80.0 Å². The molecule has 0 spiro atoms. The number of nitrogens with zero attached hydrogens (tertiary/aromatic N) is 1. The second-order valence-corrected chi connectivity index (χ2v) is 30.5. The predicted molar refractivity (Wildman–Crippen MR) is 376 cm³/mol. The number of ether oxygens (including phenoxy) is 1. The van der Waals surface area contributed by atoms with Crippen molar-refractivity contribution >= 4 is 137 Å². The summed E-state index contributed by atoms with van der Waals surface area (Å²) in [6, 6.07) is -1.72. The van der Waals surface area contributed by atoms with E-state index in [-0.39, 0.29) is 86.3 Å². The number of aliphatic hydroxyl groups excluding tert-OH is 1. The van der Waals surface area contributed by atoms with Crippen molar-refractivity contribution in [3.63, 3.8) is 0 Å². The molecular formula is C64H90N16O16S4. The van der Waals surface area contributed by atoms with Crippen LogP contribution in [0.5, 0.6) is 5.75 Å². The number of amides is 14. The van der Waals surface area contributed by atoms with Gasteiger partial charge in [-0.15, -0.1) is 0 Å². The normalized spacial score (nSPS) is 25.7. The van der Waals surface area contributed by atoms with Gasteiger partial charge in [-0.3, -0.25) is 67.1 Å². The molecule has 32 nitrogen and oxygen atoms in total. The number of para-hydroxylation sites is 1. The van der Waals surface area contributed by atoms with Crippen molar-refractivity contribution in [3.8, 4) is 5.75 Å². The van der Waals surface area contributed by atoms with E-state index in [1.165, 1.54) is 7.11 Å². The molecule has 100 heavy (non-hydrogen) atoms.